The molecule has 1 amide bonds. The van der Waals surface area contributed by atoms with E-state index in [0.717, 1.165) is 32.4 Å². The van der Waals surface area contributed by atoms with Crippen LogP contribution in [-0.2, 0) is 9.47 Å². The number of hydrogen-bond donors (Lipinski definition) is 0. The highest BCUT2D eigenvalue weighted by Crippen LogP contribution is 2.26. The van der Waals surface area contributed by atoms with Crippen LogP contribution < -0.4 is 0 Å². The first-order chi connectivity index (χ1) is 9.17. The SMILES string of the molecule is CCC1=CN(C(=O)OC)C(C)N(C2CCCCO2)C1. The van der Waals surface area contributed by atoms with Crippen molar-refractivity contribution in [1.82, 2.24) is 9.80 Å². The van der Waals surface area contributed by atoms with Crippen molar-refractivity contribution in [3.8, 4) is 0 Å². The van der Waals surface area contributed by atoms with Crippen molar-refractivity contribution in [2.45, 2.75) is 51.9 Å². The molecule has 5 nitrogen and oxygen atoms in total. The van der Waals surface area contributed by atoms with Crippen LogP contribution in [-0.4, -0.2) is 48.5 Å². The normalized spacial score (nSPS) is 29.0. The Morgan fingerprint density at radius 1 is 1.53 bits per heavy atom. The largest absolute Gasteiger partial charge is 0.452 e. The molecule has 1 saturated heterocycles. The molecule has 2 aliphatic heterocycles. The number of nitrogens with zero attached hydrogens (tertiary/aromatic N) is 2. The topological polar surface area (TPSA) is 42.0 Å². The van der Waals surface area contributed by atoms with Crippen LogP contribution in [0, 0.1) is 0 Å². The fourth-order valence-electron chi connectivity index (χ4n) is 2.71. The van der Waals surface area contributed by atoms with Gasteiger partial charge in [0.1, 0.15) is 6.23 Å². The van der Waals surface area contributed by atoms with Gasteiger partial charge >= 0.3 is 6.09 Å². The lowest BCUT2D eigenvalue weighted by Gasteiger charge is -2.44. The number of carbonyl (C=O) groups excluding carboxylic acids is 1. The minimum Gasteiger partial charge on any atom is -0.452 e. The summed E-state index contributed by atoms with van der Waals surface area (Å²) >= 11 is 0. The molecule has 0 aromatic rings. The average Bonchev–Trinajstić information content (AvgIpc) is 2.47. The molecule has 2 unspecified atom stereocenters. The molecule has 0 N–H and O–H groups in total. The Bertz CT molecular complexity index is 351. The van der Waals surface area contributed by atoms with E-state index in [9.17, 15) is 4.79 Å². The van der Waals surface area contributed by atoms with E-state index in [2.05, 4.69) is 11.8 Å². The summed E-state index contributed by atoms with van der Waals surface area (Å²) in [5.41, 5.74) is 1.23. The van der Waals surface area contributed by atoms with Gasteiger partial charge in [-0.1, -0.05) is 6.92 Å². The zero-order valence-electron chi connectivity index (χ0n) is 12.1. The summed E-state index contributed by atoms with van der Waals surface area (Å²) < 4.78 is 10.7. The molecule has 0 bridgehead atoms. The first-order valence-electron chi connectivity index (χ1n) is 7.10. The Balaban J connectivity index is 2.15. The van der Waals surface area contributed by atoms with E-state index in [4.69, 9.17) is 9.47 Å². The summed E-state index contributed by atoms with van der Waals surface area (Å²) in [7, 11) is 1.42. The maximum Gasteiger partial charge on any atom is 0.414 e. The molecule has 0 aromatic heterocycles. The van der Waals surface area contributed by atoms with E-state index in [0.29, 0.717) is 0 Å². The Kier molecular flexibility index (Phi) is 4.82. The summed E-state index contributed by atoms with van der Waals surface area (Å²) in [6.45, 7) is 5.82. The Morgan fingerprint density at radius 3 is 2.89 bits per heavy atom. The van der Waals surface area contributed by atoms with Gasteiger partial charge in [-0.05, 0) is 38.2 Å². The highest BCUT2D eigenvalue weighted by atomic mass is 16.5. The third kappa shape index (κ3) is 3.09. The van der Waals surface area contributed by atoms with Gasteiger partial charge in [0.25, 0.3) is 0 Å². The van der Waals surface area contributed by atoms with Gasteiger partial charge < -0.3 is 9.47 Å². The van der Waals surface area contributed by atoms with Gasteiger partial charge in [0.05, 0.1) is 13.3 Å². The van der Waals surface area contributed by atoms with E-state index >= 15 is 0 Å². The molecular formula is C14H24N2O3. The molecule has 19 heavy (non-hydrogen) atoms. The van der Waals surface area contributed by atoms with Gasteiger partial charge in [0, 0.05) is 19.4 Å². The highest BCUT2D eigenvalue weighted by molar-refractivity contribution is 5.69. The van der Waals surface area contributed by atoms with E-state index in [-0.39, 0.29) is 18.5 Å². The standard InChI is InChI=1S/C14H24N2O3/c1-4-12-9-15(13-7-5-6-8-19-13)11(2)16(10-12)14(17)18-3/h10-11,13H,4-9H2,1-3H3. The maximum absolute atomic E-state index is 11.9. The fraction of sp³-hybridized carbons (Fsp3) is 0.786. The molecule has 2 atom stereocenters. The fourth-order valence-corrected chi connectivity index (χ4v) is 2.71. The van der Waals surface area contributed by atoms with Gasteiger partial charge in [-0.25, -0.2) is 4.79 Å². The van der Waals surface area contributed by atoms with Gasteiger partial charge in [0.15, 0.2) is 0 Å². The smallest absolute Gasteiger partial charge is 0.414 e. The second-order valence-electron chi connectivity index (χ2n) is 5.14. The zero-order valence-corrected chi connectivity index (χ0v) is 12.1. The minimum atomic E-state index is -0.307. The van der Waals surface area contributed by atoms with Crippen molar-refractivity contribution >= 4 is 6.09 Å². The molecule has 2 aliphatic rings. The van der Waals surface area contributed by atoms with Gasteiger partial charge in [-0.15, -0.1) is 0 Å². The molecular weight excluding hydrogens is 244 g/mol. The number of ether oxygens (including phenoxy) is 2. The third-order valence-corrected chi connectivity index (χ3v) is 3.95. The minimum absolute atomic E-state index is 0.0224. The zero-order chi connectivity index (χ0) is 13.8. The predicted octanol–water partition coefficient (Wildman–Crippen LogP) is 2.54. The lowest BCUT2D eigenvalue weighted by Crippen LogP contribution is -2.55. The molecule has 0 saturated carbocycles. The molecule has 0 radical (unpaired) electrons. The van der Waals surface area contributed by atoms with E-state index in [1.165, 1.54) is 19.1 Å². The number of amides is 1. The summed E-state index contributed by atoms with van der Waals surface area (Å²) in [6, 6.07) is 0. The quantitative estimate of drug-likeness (QED) is 0.772. The number of hydrogen-bond acceptors (Lipinski definition) is 4. The Hall–Kier alpha value is -1.07. The van der Waals surface area contributed by atoms with Crippen molar-refractivity contribution in [3.63, 3.8) is 0 Å². The number of rotatable bonds is 2. The summed E-state index contributed by atoms with van der Waals surface area (Å²) in [5, 5.41) is 0. The monoisotopic (exact) mass is 268 g/mol. The summed E-state index contributed by atoms with van der Waals surface area (Å²) in [5.74, 6) is 0. The number of carbonyl (C=O) groups is 1. The lowest BCUT2D eigenvalue weighted by molar-refractivity contribution is -0.118. The molecule has 1 fully saturated rings. The van der Waals surface area contributed by atoms with Crippen LogP contribution >= 0.6 is 0 Å². The molecule has 0 spiro atoms. The predicted molar refractivity (Wildman–Crippen MR) is 72.4 cm³/mol. The van der Waals surface area contributed by atoms with Crippen molar-refractivity contribution in [1.29, 1.82) is 0 Å². The van der Waals surface area contributed by atoms with Crippen molar-refractivity contribution in [3.05, 3.63) is 11.8 Å². The van der Waals surface area contributed by atoms with Crippen LogP contribution in [0.15, 0.2) is 11.8 Å². The van der Waals surface area contributed by atoms with E-state index < -0.39 is 0 Å². The summed E-state index contributed by atoms with van der Waals surface area (Å²) in [6.07, 6.45) is 6.01. The summed E-state index contributed by atoms with van der Waals surface area (Å²) in [4.78, 5) is 15.8. The lowest BCUT2D eigenvalue weighted by atomic mass is 10.1. The van der Waals surface area contributed by atoms with Gasteiger partial charge in [-0.3, -0.25) is 9.80 Å². The first-order valence-corrected chi connectivity index (χ1v) is 7.10. The average molecular weight is 268 g/mol. The van der Waals surface area contributed by atoms with Crippen molar-refractivity contribution < 1.29 is 14.3 Å². The van der Waals surface area contributed by atoms with Crippen LogP contribution in [0.25, 0.3) is 0 Å². The Morgan fingerprint density at radius 2 is 2.32 bits per heavy atom. The second kappa shape index (κ2) is 6.39. The molecule has 2 rings (SSSR count). The van der Waals surface area contributed by atoms with Crippen LogP contribution in [0.3, 0.4) is 0 Å². The highest BCUT2D eigenvalue weighted by Gasteiger charge is 2.34. The Labute approximate surface area is 115 Å². The van der Waals surface area contributed by atoms with Crippen LogP contribution in [0.2, 0.25) is 0 Å². The molecule has 0 aliphatic carbocycles. The van der Waals surface area contributed by atoms with E-state index in [1.807, 2.05) is 13.1 Å². The van der Waals surface area contributed by atoms with Crippen molar-refractivity contribution in [2.75, 3.05) is 20.3 Å². The van der Waals surface area contributed by atoms with Crippen LogP contribution in [0.4, 0.5) is 4.79 Å². The van der Waals surface area contributed by atoms with E-state index in [1.54, 1.807) is 4.90 Å². The molecule has 2 heterocycles. The van der Waals surface area contributed by atoms with Crippen LogP contribution in [0.1, 0.15) is 39.5 Å². The first kappa shape index (κ1) is 14.3. The van der Waals surface area contributed by atoms with Gasteiger partial charge in [0.2, 0.25) is 0 Å². The number of methoxy groups -OCH3 is 1. The van der Waals surface area contributed by atoms with Crippen LogP contribution in [0.5, 0.6) is 0 Å². The molecule has 108 valence electrons. The second-order valence-corrected chi connectivity index (χ2v) is 5.14. The van der Waals surface area contributed by atoms with Crippen molar-refractivity contribution in [2.24, 2.45) is 0 Å². The van der Waals surface area contributed by atoms with Gasteiger partial charge in [-0.2, -0.15) is 0 Å². The maximum atomic E-state index is 11.9. The third-order valence-electron chi connectivity index (χ3n) is 3.95. The molecule has 0 aromatic carbocycles. The molecule has 5 heteroatoms.